The highest BCUT2D eigenvalue weighted by atomic mass is 16.3. The standard InChI is InChI=1S/C56H40N2O2/c1-2-11-34(12-3-1)53-52-43-17-6-9-20-48(43)60-55(52)58-54(57-53)37-14-10-13-36(30-37)50-40(35-21-24-49-44(31-35)41-15-5-8-19-47(41)59-49)22-23-46-51(50)42-16-4-7-18-45(42)56(46)38-26-32-25-33(28-38)29-39(56)27-32/h1-24,30-33,38-39H,25-29H2. The molecule has 3 aromatic heterocycles. The van der Waals surface area contributed by atoms with E-state index < -0.39 is 0 Å². The van der Waals surface area contributed by atoms with Gasteiger partial charge in [-0.25, -0.2) is 4.98 Å². The first-order valence-corrected chi connectivity index (χ1v) is 21.7. The highest BCUT2D eigenvalue weighted by molar-refractivity contribution is 6.11. The molecular formula is C56H40N2O2. The van der Waals surface area contributed by atoms with E-state index >= 15 is 0 Å². The van der Waals surface area contributed by atoms with E-state index in [0.29, 0.717) is 23.4 Å². The van der Waals surface area contributed by atoms with Crippen molar-refractivity contribution in [3.8, 4) is 56.0 Å². The molecule has 4 nitrogen and oxygen atoms in total. The summed E-state index contributed by atoms with van der Waals surface area (Å²) in [5, 5.41) is 4.25. The van der Waals surface area contributed by atoms with Gasteiger partial charge in [-0.1, -0.05) is 127 Å². The van der Waals surface area contributed by atoms with Crippen LogP contribution in [-0.2, 0) is 5.41 Å². The first kappa shape index (κ1) is 33.1. The Hall–Kier alpha value is -6.78. The van der Waals surface area contributed by atoms with Crippen LogP contribution in [0.4, 0.5) is 0 Å². The van der Waals surface area contributed by atoms with Crippen LogP contribution in [0, 0.1) is 23.7 Å². The van der Waals surface area contributed by atoms with Crippen LogP contribution >= 0.6 is 0 Å². The van der Waals surface area contributed by atoms with E-state index in [4.69, 9.17) is 18.8 Å². The van der Waals surface area contributed by atoms with E-state index in [1.54, 1.807) is 11.1 Å². The van der Waals surface area contributed by atoms with E-state index in [9.17, 15) is 0 Å². The van der Waals surface area contributed by atoms with Gasteiger partial charge in [-0.05, 0) is 131 Å². The van der Waals surface area contributed by atoms with Gasteiger partial charge < -0.3 is 8.83 Å². The molecule has 0 unspecified atom stereocenters. The summed E-state index contributed by atoms with van der Waals surface area (Å²) in [6.45, 7) is 0. The average molecular weight is 773 g/mol. The Balaban J connectivity index is 1.03. The lowest BCUT2D eigenvalue weighted by atomic mass is 9.43. The highest BCUT2D eigenvalue weighted by Crippen LogP contribution is 2.70. The lowest BCUT2D eigenvalue weighted by Crippen LogP contribution is -2.55. The molecule has 7 aromatic carbocycles. The smallest absolute Gasteiger partial charge is 0.231 e. The van der Waals surface area contributed by atoms with Crippen molar-refractivity contribution in [2.45, 2.75) is 37.5 Å². The Morgan fingerprint density at radius 2 is 1.12 bits per heavy atom. The second-order valence-electron chi connectivity index (χ2n) is 18.1. The van der Waals surface area contributed by atoms with Crippen molar-refractivity contribution in [1.82, 2.24) is 9.97 Å². The summed E-state index contributed by atoms with van der Waals surface area (Å²) in [5.41, 5.74) is 17.0. The van der Waals surface area contributed by atoms with Crippen LogP contribution in [0.25, 0.3) is 100 Å². The number of fused-ring (bicyclic) bond motifs is 9. The van der Waals surface area contributed by atoms with Crippen molar-refractivity contribution in [3.05, 3.63) is 169 Å². The molecule has 4 bridgehead atoms. The van der Waals surface area contributed by atoms with Crippen molar-refractivity contribution >= 4 is 44.0 Å². The monoisotopic (exact) mass is 772 g/mol. The third kappa shape index (κ3) is 4.46. The molecule has 0 amide bonds. The predicted octanol–water partition coefficient (Wildman–Crippen LogP) is 14.7. The number of furan rings is 2. The summed E-state index contributed by atoms with van der Waals surface area (Å²) in [7, 11) is 0. The van der Waals surface area contributed by atoms with Gasteiger partial charge in [0.2, 0.25) is 5.71 Å². The molecular weight excluding hydrogens is 733 g/mol. The minimum Gasteiger partial charge on any atom is -0.456 e. The number of para-hydroxylation sites is 2. The number of rotatable bonds is 4. The quantitative estimate of drug-likeness (QED) is 0.179. The summed E-state index contributed by atoms with van der Waals surface area (Å²) in [6.07, 6.45) is 6.84. The Morgan fingerprint density at radius 3 is 1.95 bits per heavy atom. The molecule has 0 saturated heterocycles. The van der Waals surface area contributed by atoms with Gasteiger partial charge in [0.25, 0.3) is 0 Å². The van der Waals surface area contributed by atoms with E-state index in [2.05, 4.69) is 133 Å². The fraction of sp³-hybridized carbons (Fsp3) is 0.179. The van der Waals surface area contributed by atoms with Crippen LogP contribution in [0.5, 0.6) is 0 Å². The van der Waals surface area contributed by atoms with Crippen LogP contribution < -0.4 is 0 Å². The maximum atomic E-state index is 6.48. The summed E-state index contributed by atoms with van der Waals surface area (Å²) in [4.78, 5) is 10.6. The molecule has 0 N–H and O–H groups in total. The molecule has 4 saturated carbocycles. The van der Waals surface area contributed by atoms with Crippen molar-refractivity contribution in [3.63, 3.8) is 0 Å². The SMILES string of the molecule is c1ccc(-c2nc(-c3cccc(-c4c(-c5ccc6oc7ccccc7c6c5)ccc5c4-c4ccccc4C54C5CC6CC(C5)CC4C6)c3)nc3oc4ccccc4c23)cc1. The van der Waals surface area contributed by atoms with Crippen LogP contribution in [-0.4, -0.2) is 9.97 Å². The van der Waals surface area contributed by atoms with Crippen molar-refractivity contribution in [2.24, 2.45) is 23.7 Å². The zero-order chi connectivity index (χ0) is 39.1. The number of aromatic nitrogens is 2. The largest absolute Gasteiger partial charge is 0.456 e. The Kier molecular flexibility index (Phi) is 6.70. The molecule has 0 aliphatic heterocycles. The van der Waals surface area contributed by atoms with Gasteiger partial charge in [-0.3, -0.25) is 0 Å². The maximum Gasteiger partial charge on any atom is 0.231 e. The molecule has 3 heterocycles. The maximum absolute atomic E-state index is 6.48. The van der Waals surface area contributed by atoms with Gasteiger partial charge in [-0.15, -0.1) is 0 Å². The molecule has 286 valence electrons. The summed E-state index contributed by atoms with van der Waals surface area (Å²) >= 11 is 0. The zero-order valence-corrected chi connectivity index (χ0v) is 33.1. The number of hydrogen-bond acceptors (Lipinski definition) is 4. The number of nitrogens with zero attached hydrogens (tertiary/aromatic N) is 2. The van der Waals surface area contributed by atoms with Gasteiger partial charge in [0.05, 0.1) is 11.1 Å². The molecule has 10 aromatic rings. The fourth-order valence-corrected chi connectivity index (χ4v) is 13.0. The zero-order valence-electron chi connectivity index (χ0n) is 33.1. The molecule has 4 heteroatoms. The minimum absolute atomic E-state index is 0.0506. The third-order valence-corrected chi connectivity index (χ3v) is 15.1. The van der Waals surface area contributed by atoms with Crippen molar-refractivity contribution in [1.29, 1.82) is 0 Å². The van der Waals surface area contributed by atoms with E-state index in [-0.39, 0.29) is 5.41 Å². The fourth-order valence-electron chi connectivity index (χ4n) is 13.0. The molecule has 1 spiro atoms. The Labute approximate surface area is 347 Å². The molecule has 0 radical (unpaired) electrons. The molecule has 0 atom stereocenters. The second kappa shape index (κ2) is 12.1. The van der Waals surface area contributed by atoms with Crippen LogP contribution in [0.3, 0.4) is 0 Å². The summed E-state index contributed by atoms with van der Waals surface area (Å²) in [5.74, 6) is 3.77. The normalized spacial score (nSPS) is 22.4. The van der Waals surface area contributed by atoms with Crippen LogP contribution in [0.2, 0.25) is 0 Å². The summed E-state index contributed by atoms with van der Waals surface area (Å²) in [6, 6.07) is 57.2. The van der Waals surface area contributed by atoms with E-state index in [0.717, 1.165) is 67.0 Å². The Bertz CT molecular complexity index is 3380. The molecule has 15 rings (SSSR count). The number of hydrogen-bond donors (Lipinski definition) is 0. The minimum atomic E-state index is 0.0506. The second-order valence-corrected chi connectivity index (χ2v) is 18.1. The van der Waals surface area contributed by atoms with Gasteiger partial charge in [-0.2, -0.15) is 4.98 Å². The third-order valence-electron chi connectivity index (χ3n) is 15.1. The molecule has 60 heavy (non-hydrogen) atoms. The van der Waals surface area contributed by atoms with E-state index in [1.165, 1.54) is 65.5 Å². The van der Waals surface area contributed by atoms with E-state index in [1.807, 2.05) is 24.3 Å². The van der Waals surface area contributed by atoms with Crippen LogP contribution in [0.15, 0.2) is 167 Å². The highest BCUT2D eigenvalue weighted by Gasteiger charge is 2.61. The first-order valence-electron chi connectivity index (χ1n) is 21.7. The predicted molar refractivity (Wildman–Crippen MR) is 242 cm³/mol. The van der Waals surface area contributed by atoms with Gasteiger partial charge in [0, 0.05) is 32.7 Å². The topological polar surface area (TPSA) is 52.1 Å². The molecule has 5 aliphatic carbocycles. The summed E-state index contributed by atoms with van der Waals surface area (Å²) < 4.78 is 12.8. The van der Waals surface area contributed by atoms with Crippen molar-refractivity contribution < 1.29 is 8.83 Å². The lowest BCUT2D eigenvalue weighted by molar-refractivity contribution is -0.0399. The van der Waals surface area contributed by atoms with Gasteiger partial charge in [0.1, 0.15) is 16.7 Å². The van der Waals surface area contributed by atoms with Gasteiger partial charge in [0.15, 0.2) is 5.82 Å². The Morgan fingerprint density at radius 1 is 0.433 bits per heavy atom. The molecule has 5 aliphatic rings. The average Bonchev–Trinajstić information content (AvgIpc) is 3.96. The van der Waals surface area contributed by atoms with Crippen molar-refractivity contribution in [2.75, 3.05) is 0 Å². The first-order chi connectivity index (χ1) is 29.7. The lowest BCUT2D eigenvalue weighted by Gasteiger charge is -2.61. The van der Waals surface area contributed by atoms with Gasteiger partial charge >= 0.3 is 0 Å². The number of benzene rings is 7. The van der Waals surface area contributed by atoms with Crippen LogP contribution in [0.1, 0.15) is 43.2 Å². The molecule has 4 fully saturated rings.